The molecule has 1 unspecified atom stereocenters. The highest BCUT2D eigenvalue weighted by Gasteiger charge is 2.26. The van der Waals surface area contributed by atoms with Crippen LogP contribution >= 0.6 is 15.9 Å². The number of sulfonamides is 1. The standard InChI is InChI=1S/C13H18BrNO2S/c1-9-7-12(5-6-13(9)14)18(16,17)15-10(2)8-11-3-4-11/h5-7,10-11,15H,3-4,8H2,1-2H3. The molecule has 0 bridgehead atoms. The number of rotatable bonds is 5. The van der Waals surface area contributed by atoms with E-state index in [0.29, 0.717) is 10.8 Å². The highest BCUT2D eigenvalue weighted by atomic mass is 79.9. The fraction of sp³-hybridized carbons (Fsp3) is 0.538. The van der Waals surface area contributed by atoms with E-state index in [1.54, 1.807) is 18.2 Å². The molecule has 1 aromatic rings. The highest BCUT2D eigenvalue weighted by Crippen LogP contribution is 2.33. The van der Waals surface area contributed by atoms with Gasteiger partial charge in [0.25, 0.3) is 0 Å². The van der Waals surface area contributed by atoms with Gasteiger partial charge in [-0.05, 0) is 49.9 Å². The Kier molecular flexibility index (Phi) is 4.14. The maximum Gasteiger partial charge on any atom is 0.240 e. The molecule has 1 fully saturated rings. The summed E-state index contributed by atoms with van der Waals surface area (Å²) in [5.41, 5.74) is 0.924. The number of halogens is 1. The van der Waals surface area contributed by atoms with E-state index < -0.39 is 10.0 Å². The van der Waals surface area contributed by atoms with Crippen LogP contribution in [0.15, 0.2) is 27.6 Å². The minimum Gasteiger partial charge on any atom is -0.208 e. The van der Waals surface area contributed by atoms with E-state index in [0.717, 1.165) is 16.5 Å². The molecule has 2 rings (SSSR count). The molecule has 1 N–H and O–H groups in total. The highest BCUT2D eigenvalue weighted by molar-refractivity contribution is 9.10. The molecule has 0 heterocycles. The number of hydrogen-bond acceptors (Lipinski definition) is 2. The van der Waals surface area contributed by atoms with Gasteiger partial charge in [-0.2, -0.15) is 0 Å². The number of aryl methyl sites for hydroxylation is 1. The van der Waals surface area contributed by atoms with Gasteiger partial charge in [-0.25, -0.2) is 13.1 Å². The molecule has 1 saturated carbocycles. The molecule has 3 nitrogen and oxygen atoms in total. The van der Waals surface area contributed by atoms with Crippen LogP contribution in [0, 0.1) is 12.8 Å². The smallest absolute Gasteiger partial charge is 0.208 e. The van der Waals surface area contributed by atoms with Crippen molar-refractivity contribution >= 4 is 26.0 Å². The van der Waals surface area contributed by atoms with Gasteiger partial charge in [-0.3, -0.25) is 0 Å². The Balaban J connectivity index is 2.11. The summed E-state index contributed by atoms with van der Waals surface area (Å²) in [6.45, 7) is 3.82. The van der Waals surface area contributed by atoms with Gasteiger partial charge in [0, 0.05) is 10.5 Å². The Morgan fingerprint density at radius 3 is 2.67 bits per heavy atom. The summed E-state index contributed by atoms with van der Waals surface area (Å²) in [4.78, 5) is 0.339. The van der Waals surface area contributed by atoms with E-state index >= 15 is 0 Å². The fourth-order valence-electron chi connectivity index (χ4n) is 2.02. The number of hydrogen-bond donors (Lipinski definition) is 1. The zero-order valence-corrected chi connectivity index (χ0v) is 13.0. The van der Waals surface area contributed by atoms with Gasteiger partial charge in [0.15, 0.2) is 0 Å². The van der Waals surface area contributed by atoms with Gasteiger partial charge in [0.05, 0.1) is 4.90 Å². The maximum atomic E-state index is 12.2. The second-order valence-electron chi connectivity index (χ2n) is 5.11. The van der Waals surface area contributed by atoms with Crippen molar-refractivity contribution in [3.8, 4) is 0 Å². The topological polar surface area (TPSA) is 46.2 Å². The zero-order valence-electron chi connectivity index (χ0n) is 10.6. The van der Waals surface area contributed by atoms with Crippen molar-refractivity contribution in [2.75, 3.05) is 0 Å². The largest absolute Gasteiger partial charge is 0.240 e. The molecule has 5 heteroatoms. The van der Waals surface area contributed by atoms with Crippen molar-refractivity contribution in [2.45, 2.75) is 44.0 Å². The van der Waals surface area contributed by atoms with Crippen LogP contribution < -0.4 is 4.72 Å². The molecule has 18 heavy (non-hydrogen) atoms. The molecule has 1 aromatic carbocycles. The van der Waals surface area contributed by atoms with Crippen molar-refractivity contribution in [2.24, 2.45) is 5.92 Å². The minimum absolute atomic E-state index is 0.00597. The van der Waals surface area contributed by atoms with Gasteiger partial charge in [-0.15, -0.1) is 0 Å². The molecule has 0 amide bonds. The summed E-state index contributed by atoms with van der Waals surface area (Å²) in [7, 11) is -3.39. The minimum atomic E-state index is -3.39. The quantitative estimate of drug-likeness (QED) is 0.900. The summed E-state index contributed by atoms with van der Waals surface area (Å²) in [6, 6.07) is 5.10. The molecule has 1 atom stereocenters. The summed E-state index contributed by atoms with van der Waals surface area (Å²) in [5.74, 6) is 0.717. The Morgan fingerprint density at radius 1 is 1.44 bits per heavy atom. The van der Waals surface area contributed by atoms with E-state index in [1.807, 2.05) is 13.8 Å². The van der Waals surface area contributed by atoms with Crippen molar-refractivity contribution in [3.63, 3.8) is 0 Å². The average molecular weight is 332 g/mol. The van der Waals surface area contributed by atoms with Crippen LogP contribution in [-0.2, 0) is 10.0 Å². The van der Waals surface area contributed by atoms with E-state index in [-0.39, 0.29) is 6.04 Å². The van der Waals surface area contributed by atoms with Crippen LogP contribution in [0.25, 0.3) is 0 Å². The Morgan fingerprint density at radius 2 is 2.11 bits per heavy atom. The molecule has 0 saturated heterocycles. The van der Waals surface area contributed by atoms with Crippen LogP contribution in [0.1, 0.15) is 31.7 Å². The predicted molar refractivity (Wildman–Crippen MR) is 76.0 cm³/mol. The van der Waals surface area contributed by atoms with Crippen molar-refractivity contribution in [3.05, 3.63) is 28.2 Å². The van der Waals surface area contributed by atoms with Gasteiger partial charge in [0.1, 0.15) is 0 Å². The molecule has 1 aliphatic rings. The molecule has 100 valence electrons. The lowest BCUT2D eigenvalue weighted by Gasteiger charge is -2.14. The third-order valence-electron chi connectivity index (χ3n) is 3.18. The molecule has 0 aliphatic heterocycles. The van der Waals surface area contributed by atoms with Gasteiger partial charge >= 0.3 is 0 Å². The van der Waals surface area contributed by atoms with Crippen molar-refractivity contribution < 1.29 is 8.42 Å². The van der Waals surface area contributed by atoms with Crippen molar-refractivity contribution in [1.29, 1.82) is 0 Å². The number of benzene rings is 1. The van der Waals surface area contributed by atoms with E-state index in [1.165, 1.54) is 12.8 Å². The van der Waals surface area contributed by atoms with E-state index in [9.17, 15) is 8.42 Å². The lowest BCUT2D eigenvalue weighted by molar-refractivity contribution is 0.530. The first-order valence-electron chi connectivity index (χ1n) is 6.17. The lowest BCUT2D eigenvalue weighted by Crippen LogP contribution is -2.32. The molecule has 0 spiro atoms. The Hall–Kier alpha value is -0.390. The summed E-state index contributed by atoms with van der Waals surface area (Å²) in [5, 5.41) is 0. The van der Waals surface area contributed by atoms with Crippen LogP contribution in [0.2, 0.25) is 0 Å². The second kappa shape index (κ2) is 5.31. The molecule has 0 radical (unpaired) electrons. The Bertz CT molecular complexity index is 538. The first kappa shape index (κ1) is 14.0. The van der Waals surface area contributed by atoms with Crippen LogP contribution in [0.3, 0.4) is 0 Å². The summed E-state index contributed by atoms with van der Waals surface area (Å²) >= 11 is 3.37. The monoisotopic (exact) mass is 331 g/mol. The summed E-state index contributed by atoms with van der Waals surface area (Å²) in [6.07, 6.45) is 3.42. The first-order chi connectivity index (χ1) is 8.38. The molecular formula is C13H18BrNO2S. The third kappa shape index (κ3) is 3.56. The van der Waals surface area contributed by atoms with Gasteiger partial charge in [-0.1, -0.05) is 28.8 Å². The second-order valence-corrected chi connectivity index (χ2v) is 7.68. The Labute approximate surface area is 117 Å². The van der Waals surface area contributed by atoms with Crippen LogP contribution in [0.4, 0.5) is 0 Å². The SMILES string of the molecule is Cc1cc(S(=O)(=O)NC(C)CC2CC2)ccc1Br. The van der Waals surface area contributed by atoms with Crippen LogP contribution in [0.5, 0.6) is 0 Å². The zero-order chi connectivity index (χ0) is 13.3. The fourth-order valence-corrected chi connectivity index (χ4v) is 3.61. The average Bonchev–Trinajstić information content (AvgIpc) is 3.04. The summed E-state index contributed by atoms with van der Waals surface area (Å²) < 4.78 is 28.0. The normalized spacial score (nSPS) is 17.7. The van der Waals surface area contributed by atoms with E-state index in [4.69, 9.17) is 0 Å². The molecular weight excluding hydrogens is 314 g/mol. The van der Waals surface area contributed by atoms with Crippen LogP contribution in [-0.4, -0.2) is 14.5 Å². The van der Waals surface area contributed by atoms with Gasteiger partial charge < -0.3 is 0 Å². The van der Waals surface area contributed by atoms with E-state index in [2.05, 4.69) is 20.7 Å². The first-order valence-corrected chi connectivity index (χ1v) is 8.44. The van der Waals surface area contributed by atoms with Gasteiger partial charge in [0.2, 0.25) is 10.0 Å². The molecule has 1 aliphatic carbocycles. The lowest BCUT2D eigenvalue weighted by atomic mass is 10.2. The third-order valence-corrected chi connectivity index (χ3v) is 5.66. The molecule has 0 aromatic heterocycles. The predicted octanol–water partition coefficient (Wildman–Crippen LogP) is 3.22. The maximum absolute atomic E-state index is 12.2. The number of nitrogens with one attached hydrogen (secondary N) is 1. The van der Waals surface area contributed by atoms with Crippen molar-refractivity contribution in [1.82, 2.24) is 4.72 Å².